The molecule has 5 aliphatic rings. The Labute approximate surface area is 424 Å². The van der Waals surface area contributed by atoms with Crippen LogP contribution in [0.3, 0.4) is 0 Å². The Morgan fingerprint density at radius 3 is 2.38 bits per heavy atom. The number of aromatic nitrogens is 6. The lowest BCUT2D eigenvalue weighted by atomic mass is 9.49. The number of hydrogen-bond acceptors (Lipinski definition) is 13. The number of piperidine rings is 1. The van der Waals surface area contributed by atoms with E-state index in [1.54, 1.807) is 23.5 Å². The number of amides is 3. The van der Waals surface area contributed by atoms with Gasteiger partial charge in [0.25, 0.3) is 0 Å². The largest absolute Gasteiger partial charge is 0.507 e. The molecule has 2 aromatic carbocycles. The van der Waals surface area contributed by atoms with Gasteiger partial charge < -0.3 is 40.5 Å². The first-order valence-corrected chi connectivity index (χ1v) is 26.5. The van der Waals surface area contributed by atoms with Crippen LogP contribution in [0.1, 0.15) is 113 Å². The maximum atomic E-state index is 14.3. The minimum absolute atomic E-state index is 0.0137. The molecule has 1 unspecified atom stereocenters. The van der Waals surface area contributed by atoms with Crippen molar-refractivity contribution in [1.82, 2.24) is 50.6 Å². The molecular weight excluding hydrogens is 927 g/mol. The normalized spacial score (nSPS) is 24.9. The Balaban J connectivity index is 0.644. The number of phenolic OH excluding ortho intramolecular Hbond substituents is 1. The van der Waals surface area contributed by atoms with Gasteiger partial charge in [-0.25, -0.2) is 15.0 Å². The van der Waals surface area contributed by atoms with Crippen molar-refractivity contribution in [2.24, 2.45) is 16.7 Å². The minimum Gasteiger partial charge on any atom is -0.507 e. The van der Waals surface area contributed by atoms with Gasteiger partial charge in [0.2, 0.25) is 23.7 Å². The van der Waals surface area contributed by atoms with E-state index in [0.717, 1.165) is 115 Å². The topological polar surface area (TPSA) is 206 Å². The van der Waals surface area contributed by atoms with Crippen LogP contribution in [-0.4, -0.2) is 118 Å². The van der Waals surface area contributed by atoms with Gasteiger partial charge in [0.1, 0.15) is 17.8 Å². The Kier molecular flexibility index (Phi) is 12.6. The maximum Gasteiger partial charge on any atom is 0.246 e. The van der Waals surface area contributed by atoms with Gasteiger partial charge in [0.15, 0.2) is 5.65 Å². The highest BCUT2D eigenvalue weighted by Gasteiger charge is 2.57. The number of fused-ring (bicyclic) bond motifs is 3. The van der Waals surface area contributed by atoms with E-state index in [2.05, 4.69) is 47.5 Å². The van der Waals surface area contributed by atoms with Crippen LogP contribution in [-0.2, 0) is 27.3 Å². The fourth-order valence-electron chi connectivity index (χ4n) is 12.4. The Bertz CT molecular complexity index is 2980. The third-order valence-electron chi connectivity index (χ3n) is 16.5. The van der Waals surface area contributed by atoms with E-state index in [4.69, 9.17) is 9.97 Å². The number of likely N-dealkylation sites (tertiary alicyclic amines) is 2. The minimum atomic E-state index is -0.841. The van der Waals surface area contributed by atoms with Crippen molar-refractivity contribution in [3.8, 4) is 27.4 Å². The molecule has 2 saturated heterocycles. The number of aryl methyl sites for hydroxylation is 1. The summed E-state index contributed by atoms with van der Waals surface area (Å²) in [4.78, 5) is 66.9. The molecule has 4 fully saturated rings. The fourth-order valence-corrected chi connectivity index (χ4v) is 13.3. The zero-order chi connectivity index (χ0) is 50.1. The highest BCUT2D eigenvalue weighted by Crippen LogP contribution is 2.60. The molecule has 6 aromatic rings. The first-order chi connectivity index (χ1) is 34.6. The average molecular weight is 992 g/mol. The van der Waals surface area contributed by atoms with Crippen molar-refractivity contribution in [2.45, 2.75) is 129 Å². The standard InChI is InChI=1S/C55H65N11O5S/c1-31-47(72-30-59-31)35-12-10-33(11-13-35)26-56-51(70)44-20-39(67)29-66(44)52(71)48(54(3,4)5)61-50(69)36-22-55(23-36)24-38(25-55)64-17-14-34(15-18-64)37-27-57-53(58-28-37)65-19-16-42-46(32(65)2)41-21-43(62-63-49(41)60-42)40-8-6-7-9-45(40)68/h6-13,21,27-28,30,32,34,36,38-39,44,48,67-68H,14-20,22-26,29H2,1-5H3,(H,56,70)(H,60,63)(H,61,69)/t32-,36?,38?,39-,44+,48?,55?/m1/s1. The van der Waals surface area contributed by atoms with Crippen molar-refractivity contribution in [3.05, 3.63) is 101 Å². The summed E-state index contributed by atoms with van der Waals surface area (Å²) in [5.74, 6) is 0.393. The van der Waals surface area contributed by atoms with Crippen LogP contribution in [0.4, 0.5) is 5.95 Å². The van der Waals surface area contributed by atoms with E-state index >= 15 is 0 Å². The molecule has 7 heterocycles. The number of aromatic amines is 1. The number of nitrogens with one attached hydrogen (secondary N) is 3. The third-order valence-corrected chi connectivity index (χ3v) is 17.5. The van der Waals surface area contributed by atoms with E-state index in [9.17, 15) is 24.6 Å². The number of aromatic hydroxyl groups is 1. The molecule has 16 nitrogen and oxygen atoms in total. The van der Waals surface area contributed by atoms with E-state index < -0.39 is 23.6 Å². The first-order valence-electron chi connectivity index (χ1n) is 25.7. The number of H-pyrrole nitrogens is 1. The number of rotatable bonds is 11. The fraction of sp³-hybridized carbons (Fsp3) is 0.491. The summed E-state index contributed by atoms with van der Waals surface area (Å²) >= 11 is 1.59. The number of benzene rings is 2. The summed E-state index contributed by atoms with van der Waals surface area (Å²) in [7, 11) is 0. The smallest absolute Gasteiger partial charge is 0.246 e. The summed E-state index contributed by atoms with van der Waals surface area (Å²) in [5.41, 5.74) is 9.89. The molecule has 2 saturated carbocycles. The van der Waals surface area contributed by atoms with Gasteiger partial charge >= 0.3 is 0 Å². The molecule has 376 valence electrons. The van der Waals surface area contributed by atoms with Crippen molar-refractivity contribution in [3.63, 3.8) is 0 Å². The summed E-state index contributed by atoms with van der Waals surface area (Å²) in [6.45, 7) is 13.1. The lowest BCUT2D eigenvalue weighted by Crippen LogP contribution is -2.62. The summed E-state index contributed by atoms with van der Waals surface area (Å²) in [6, 6.07) is 16.1. The quantitative estimate of drug-likeness (QED) is 0.0873. The Morgan fingerprint density at radius 2 is 1.68 bits per heavy atom. The van der Waals surface area contributed by atoms with Gasteiger partial charge in [-0.3, -0.25) is 14.4 Å². The van der Waals surface area contributed by atoms with E-state index in [-0.39, 0.29) is 53.8 Å². The van der Waals surface area contributed by atoms with E-state index in [1.807, 2.05) is 88.1 Å². The number of nitrogens with zero attached hydrogens (tertiary/aromatic N) is 8. The van der Waals surface area contributed by atoms with E-state index in [1.165, 1.54) is 10.5 Å². The predicted octanol–water partition coefficient (Wildman–Crippen LogP) is 7.22. The molecule has 5 N–H and O–H groups in total. The molecule has 1 spiro atoms. The lowest BCUT2D eigenvalue weighted by Gasteiger charge is -2.60. The number of anilines is 1. The number of para-hydroxylation sites is 1. The number of phenols is 1. The second kappa shape index (κ2) is 19.0. The molecule has 4 atom stereocenters. The first kappa shape index (κ1) is 48.0. The molecular formula is C55H65N11O5S. The molecule has 0 radical (unpaired) electrons. The van der Waals surface area contributed by atoms with Crippen LogP contribution in [0.15, 0.2) is 72.5 Å². The van der Waals surface area contributed by atoms with Gasteiger partial charge in [0, 0.05) is 79.0 Å². The second-order valence-corrected chi connectivity index (χ2v) is 23.2. The highest BCUT2D eigenvalue weighted by atomic mass is 32.1. The molecule has 11 rings (SSSR count). The van der Waals surface area contributed by atoms with Gasteiger partial charge in [-0.1, -0.05) is 57.2 Å². The SMILES string of the molecule is Cc1ncsc1-c1ccc(CNC(=O)[C@@H]2C[C@@H](O)CN2C(=O)C(NC(=O)C2CC3(C2)CC(N2CCC(c4cnc(N5CCc6[nH]c7nnc(-c8ccccc8O)cc7c6[C@H]5C)nc4)CC2)C3)C(C)(C)C)cc1. The van der Waals surface area contributed by atoms with Crippen molar-refractivity contribution in [2.75, 3.05) is 31.1 Å². The molecule has 17 heteroatoms. The lowest BCUT2D eigenvalue weighted by molar-refractivity contribution is -0.150. The zero-order valence-electron chi connectivity index (χ0n) is 41.8. The second-order valence-electron chi connectivity index (χ2n) is 22.3. The molecule has 2 aliphatic carbocycles. The number of thiazole rings is 1. The van der Waals surface area contributed by atoms with Gasteiger partial charge in [-0.2, -0.15) is 0 Å². The molecule has 3 amide bonds. The summed E-state index contributed by atoms with van der Waals surface area (Å²) < 4.78 is 0. The summed E-state index contributed by atoms with van der Waals surface area (Å²) in [6.07, 6.45) is 10.1. The van der Waals surface area contributed by atoms with Crippen LogP contribution in [0, 0.1) is 23.7 Å². The average Bonchev–Trinajstić information content (AvgIpc) is 4.08. The Morgan fingerprint density at radius 1 is 0.944 bits per heavy atom. The van der Waals surface area contributed by atoms with Crippen LogP contribution in [0.5, 0.6) is 5.75 Å². The maximum absolute atomic E-state index is 14.3. The summed E-state index contributed by atoms with van der Waals surface area (Å²) in [5, 5.41) is 37.2. The number of carbonyl (C=O) groups is 3. The highest BCUT2D eigenvalue weighted by molar-refractivity contribution is 7.13. The van der Waals surface area contributed by atoms with Crippen LogP contribution < -0.4 is 15.5 Å². The van der Waals surface area contributed by atoms with E-state index in [0.29, 0.717) is 29.8 Å². The monoisotopic (exact) mass is 991 g/mol. The van der Waals surface area contributed by atoms with Gasteiger partial charge in [-0.05, 0) is 117 Å². The van der Waals surface area contributed by atoms with Crippen molar-refractivity contribution in [1.29, 1.82) is 0 Å². The number of aliphatic hydroxyl groups excluding tert-OH is 1. The number of carbonyl (C=O) groups excluding carboxylic acids is 3. The molecule has 0 bridgehead atoms. The van der Waals surface area contributed by atoms with Crippen LogP contribution in [0.2, 0.25) is 0 Å². The zero-order valence-corrected chi connectivity index (χ0v) is 42.6. The van der Waals surface area contributed by atoms with Gasteiger partial charge in [-0.15, -0.1) is 21.5 Å². The van der Waals surface area contributed by atoms with Crippen LogP contribution >= 0.6 is 11.3 Å². The third kappa shape index (κ3) is 9.12. The predicted molar refractivity (Wildman–Crippen MR) is 276 cm³/mol. The van der Waals surface area contributed by atoms with Gasteiger partial charge in [0.05, 0.1) is 33.9 Å². The van der Waals surface area contributed by atoms with Crippen molar-refractivity contribution < 1.29 is 24.6 Å². The Hall–Kier alpha value is -6.30. The number of β-amino-alcohol motifs (C(OH)–C–C–N with tert-alkyl or cyclic N) is 1. The number of hydrogen-bond donors (Lipinski definition) is 5. The van der Waals surface area contributed by atoms with Crippen molar-refractivity contribution >= 4 is 46.0 Å². The molecule has 72 heavy (non-hydrogen) atoms. The molecule has 4 aromatic heterocycles. The number of aliphatic hydroxyl groups is 1. The van der Waals surface area contributed by atoms with Crippen LogP contribution in [0.25, 0.3) is 32.7 Å². The molecule has 3 aliphatic heterocycles.